The van der Waals surface area contributed by atoms with E-state index in [-0.39, 0.29) is 38.7 Å². The molecule has 0 bridgehead atoms. The summed E-state index contributed by atoms with van der Waals surface area (Å²) in [6, 6.07) is 10.4. The number of aryl methyl sites for hydroxylation is 1. The van der Waals surface area contributed by atoms with Crippen molar-refractivity contribution in [3.63, 3.8) is 0 Å². The van der Waals surface area contributed by atoms with Crippen LogP contribution in [0.15, 0.2) is 36.4 Å². The smallest absolute Gasteiger partial charge is 0.411 e. The van der Waals surface area contributed by atoms with Crippen molar-refractivity contribution >= 4 is 12.0 Å². The van der Waals surface area contributed by atoms with Gasteiger partial charge in [0.1, 0.15) is 11.7 Å². The van der Waals surface area contributed by atoms with Gasteiger partial charge in [-0.15, -0.1) is 6.07 Å². The number of carbonyl (C=O) groups excluding carboxylic acids is 1. The van der Waals surface area contributed by atoms with Crippen molar-refractivity contribution in [3.05, 3.63) is 48.3 Å². The van der Waals surface area contributed by atoms with Gasteiger partial charge in [-0.3, -0.25) is 0 Å². The molecular formula is C12H10N3O2Y+2. The fourth-order valence-electron chi connectivity index (χ4n) is 1.18. The second-order valence-electron chi connectivity index (χ2n) is 3.29. The molecule has 0 saturated heterocycles. The summed E-state index contributed by atoms with van der Waals surface area (Å²) < 4.78 is 5.01. The van der Waals surface area contributed by atoms with E-state index in [4.69, 9.17) is 4.74 Å². The van der Waals surface area contributed by atoms with Gasteiger partial charge in [0.2, 0.25) is 0 Å². The number of aromatic nitrogens is 2. The molecule has 0 aliphatic carbocycles. The van der Waals surface area contributed by atoms with Crippen molar-refractivity contribution < 1.29 is 42.2 Å². The third-order valence-electron chi connectivity index (χ3n) is 1.89. The average Bonchev–Trinajstić information content (AvgIpc) is 2.30. The fraction of sp³-hybridized carbons (Fsp3) is 0.0833. The monoisotopic (exact) mass is 317 g/mol. The summed E-state index contributed by atoms with van der Waals surface area (Å²) in [5.41, 5.74) is 0.718. The van der Waals surface area contributed by atoms with Crippen LogP contribution in [-0.2, 0) is 32.7 Å². The van der Waals surface area contributed by atoms with E-state index in [0.29, 0.717) is 5.75 Å². The number of rotatable bonds is 2. The Bertz CT molecular complexity index is 520. The number of nitrogens with zero attached hydrogens (tertiary/aromatic N) is 2. The van der Waals surface area contributed by atoms with E-state index in [1.165, 1.54) is 0 Å². The van der Waals surface area contributed by atoms with Gasteiger partial charge in [0.15, 0.2) is 0 Å². The van der Waals surface area contributed by atoms with E-state index < -0.39 is 6.09 Å². The van der Waals surface area contributed by atoms with Crippen molar-refractivity contribution in [2.45, 2.75) is 6.92 Å². The molecule has 1 N–H and O–H groups in total. The molecule has 1 heterocycles. The first kappa shape index (κ1) is 14.7. The topological polar surface area (TPSA) is 64.1 Å². The Balaban J connectivity index is 0.00000162. The van der Waals surface area contributed by atoms with Crippen molar-refractivity contribution in [2.75, 3.05) is 5.32 Å². The molecule has 0 atom stereocenters. The summed E-state index contributed by atoms with van der Waals surface area (Å²) in [4.78, 5) is 19.2. The maximum Gasteiger partial charge on any atom is 3.00 e. The number of nitrogens with one attached hydrogen (secondary N) is 1. The zero-order valence-corrected chi connectivity index (χ0v) is 12.6. The minimum atomic E-state index is -0.629. The molecule has 0 fully saturated rings. The molecular weight excluding hydrogens is 307 g/mol. The number of hydrogen-bond acceptors (Lipinski definition) is 4. The third-order valence-corrected chi connectivity index (χ3v) is 1.89. The van der Waals surface area contributed by atoms with E-state index in [2.05, 4.69) is 21.5 Å². The second kappa shape index (κ2) is 7.18. The van der Waals surface area contributed by atoms with E-state index in [0.717, 1.165) is 5.69 Å². The molecule has 0 aliphatic rings. The fourth-order valence-corrected chi connectivity index (χ4v) is 1.18. The first-order valence-electron chi connectivity index (χ1n) is 4.99. The van der Waals surface area contributed by atoms with Gasteiger partial charge in [-0.1, -0.05) is 37.0 Å². The van der Waals surface area contributed by atoms with Crippen molar-refractivity contribution in [1.29, 1.82) is 0 Å². The normalized spacial score (nSPS) is 9.17. The van der Waals surface area contributed by atoms with Gasteiger partial charge in [-0.25, -0.2) is 4.79 Å². The summed E-state index contributed by atoms with van der Waals surface area (Å²) >= 11 is 0. The molecule has 2 aromatic rings. The molecule has 0 spiro atoms. The molecule has 6 heteroatoms. The molecule has 2 rings (SSSR count). The predicted molar refractivity (Wildman–Crippen MR) is 61.7 cm³/mol. The minimum Gasteiger partial charge on any atom is -0.411 e. The van der Waals surface area contributed by atoms with Crippen LogP contribution in [0.2, 0.25) is 0 Å². The first-order chi connectivity index (χ1) is 8.24. The maximum absolute atomic E-state index is 11.5. The largest absolute Gasteiger partial charge is 3.00 e. The van der Waals surface area contributed by atoms with Crippen LogP contribution < -0.4 is 10.1 Å². The minimum absolute atomic E-state index is 0. The van der Waals surface area contributed by atoms with Gasteiger partial charge in [0.05, 0.1) is 0 Å². The van der Waals surface area contributed by atoms with Crippen LogP contribution in [0.1, 0.15) is 5.69 Å². The van der Waals surface area contributed by atoms with E-state index >= 15 is 0 Å². The van der Waals surface area contributed by atoms with Crippen LogP contribution in [0.4, 0.5) is 10.7 Å². The number of amides is 1. The number of ether oxygens (including phenoxy) is 1. The molecule has 0 radical (unpaired) electrons. The third kappa shape index (κ3) is 4.51. The van der Waals surface area contributed by atoms with E-state index in [1.807, 2.05) is 6.07 Å². The molecule has 0 unspecified atom stereocenters. The maximum atomic E-state index is 11.5. The molecule has 1 amide bonds. The van der Waals surface area contributed by atoms with E-state index in [1.54, 1.807) is 37.3 Å². The Kier molecular flexibility index (Phi) is 5.88. The van der Waals surface area contributed by atoms with Gasteiger partial charge in [-0.05, 0) is 12.1 Å². The van der Waals surface area contributed by atoms with Gasteiger partial charge in [-0.2, -0.15) is 0 Å². The summed E-state index contributed by atoms with van der Waals surface area (Å²) in [7, 11) is 0. The van der Waals surface area contributed by atoms with Crippen molar-refractivity contribution in [2.24, 2.45) is 0 Å². The quantitative estimate of drug-likeness (QED) is 0.863. The molecule has 0 saturated carbocycles. The summed E-state index contributed by atoms with van der Waals surface area (Å²) in [5, 5.41) is 2.42. The Morgan fingerprint density at radius 3 is 2.72 bits per heavy atom. The number of anilines is 1. The summed E-state index contributed by atoms with van der Waals surface area (Å²) in [6.45, 7) is 1.78. The van der Waals surface area contributed by atoms with Gasteiger partial charge >= 0.3 is 38.8 Å². The average molecular weight is 317 g/mol. The predicted octanol–water partition coefficient (Wildman–Crippen LogP) is 2.19. The van der Waals surface area contributed by atoms with Gasteiger partial charge < -0.3 is 20.0 Å². The van der Waals surface area contributed by atoms with Crippen LogP contribution in [-0.4, -0.2) is 16.1 Å². The second-order valence-corrected chi connectivity index (χ2v) is 3.29. The number of para-hydroxylation sites is 1. The molecule has 86 valence electrons. The zero-order chi connectivity index (χ0) is 12.1. The Hall–Kier alpha value is -1.33. The van der Waals surface area contributed by atoms with Gasteiger partial charge in [0, 0.05) is 0 Å². The van der Waals surface area contributed by atoms with Crippen LogP contribution in [0.5, 0.6) is 5.75 Å². The molecule has 1 aromatic heterocycles. The molecule has 5 nitrogen and oxygen atoms in total. The standard InChI is InChI=1S/C12H10N3O2.Y/c1-9-7-8-13-11(14-9)15-12(16)17-10-5-3-2-4-6-10;/h2-7H,1H3,(H,13,14,15,16);/q-1;+3. The number of hydrogen-bond donors (Lipinski definition) is 1. The summed E-state index contributed by atoms with van der Waals surface area (Å²) in [5.74, 6) is 0.632. The van der Waals surface area contributed by atoms with E-state index in [9.17, 15) is 4.79 Å². The SMILES string of the molecule is Cc1c[c-]nc(NC(=O)Oc2ccccc2)n1.[Y+3]. The Morgan fingerprint density at radius 1 is 1.33 bits per heavy atom. The Labute approximate surface area is 130 Å². The molecule has 1 aromatic carbocycles. The van der Waals surface area contributed by atoms with Crippen molar-refractivity contribution in [1.82, 2.24) is 9.97 Å². The first-order valence-corrected chi connectivity index (χ1v) is 4.99. The van der Waals surface area contributed by atoms with Crippen LogP contribution in [0.25, 0.3) is 0 Å². The number of benzene rings is 1. The number of carbonyl (C=O) groups is 1. The van der Waals surface area contributed by atoms with Crippen molar-refractivity contribution in [3.8, 4) is 5.75 Å². The van der Waals surface area contributed by atoms with Crippen LogP contribution in [0, 0.1) is 13.1 Å². The molecule has 0 aliphatic heterocycles. The summed E-state index contributed by atoms with van der Waals surface area (Å²) in [6.07, 6.45) is 1.99. The van der Waals surface area contributed by atoms with Crippen LogP contribution >= 0.6 is 0 Å². The van der Waals surface area contributed by atoms with Crippen LogP contribution in [0.3, 0.4) is 0 Å². The molecule has 18 heavy (non-hydrogen) atoms. The zero-order valence-electron chi connectivity index (χ0n) is 9.75. The van der Waals surface area contributed by atoms with Gasteiger partial charge in [0.25, 0.3) is 0 Å². The Morgan fingerprint density at radius 2 is 2.06 bits per heavy atom.